The van der Waals surface area contributed by atoms with E-state index in [2.05, 4.69) is 5.32 Å². The van der Waals surface area contributed by atoms with Gasteiger partial charge in [-0.15, -0.1) is 0 Å². The van der Waals surface area contributed by atoms with Crippen molar-refractivity contribution < 1.29 is 4.79 Å². The fourth-order valence-corrected chi connectivity index (χ4v) is 2.67. The van der Waals surface area contributed by atoms with Crippen LogP contribution in [0, 0.1) is 18.3 Å². The lowest BCUT2D eigenvalue weighted by Crippen LogP contribution is -2.14. The zero-order valence-corrected chi connectivity index (χ0v) is 14.9. The highest BCUT2D eigenvalue weighted by molar-refractivity contribution is 6.30. The van der Waals surface area contributed by atoms with E-state index in [0.717, 1.165) is 16.9 Å². The number of nitrogens with one attached hydrogen (secondary N) is 1. The summed E-state index contributed by atoms with van der Waals surface area (Å²) < 4.78 is 1.88. The Hall–Kier alpha value is -3.29. The van der Waals surface area contributed by atoms with Crippen LogP contribution >= 0.6 is 11.6 Å². The first-order chi connectivity index (χ1) is 12.6. The van der Waals surface area contributed by atoms with Gasteiger partial charge in [0.25, 0.3) is 5.91 Å². The zero-order valence-electron chi connectivity index (χ0n) is 14.1. The Labute approximate surface area is 157 Å². The number of nitrogens with zero attached hydrogens (tertiary/aromatic N) is 2. The van der Waals surface area contributed by atoms with E-state index in [0.29, 0.717) is 10.7 Å². The van der Waals surface area contributed by atoms with Crippen LogP contribution in [0.1, 0.15) is 11.3 Å². The number of para-hydroxylation sites is 1. The van der Waals surface area contributed by atoms with Crippen LogP contribution < -0.4 is 5.32 Å². The number of hydrogen-bond donors (Lipinski definition) is 1. The van der Waals surface area contributed by atoms with Crippen LogP contribution in [-0.2, 0) is 4.79 Å². The second-order valence-corrected chi connectivity index (χ2v) is 6.15. The van der Waals surface area contributed by atoms with Crippen LogP contribution in [0.2, 0.25) is 5.02 Å². The normalized spacial score (nSPS) is 11.0. The van der Waals surface area contributed by atoms with Crippen molar-refractivity contribution in [2.45, 2.75) is 6.92 Å². The molecule has 5 heteroatoms. The number of nitriles is 1. The molecular formula is C21H16ClN3O. The maximum Gasteiger partial charge on any atom is 0.266 e. The molecule has 0 saturated heterocycles. The van der Waals surface area contributed by atoms with Gasteiger partial charge in [0.05, 0.1) is 0 Å². The molecule has 0 unspecified atom stereocenters. The Morgan fingerprint density at radius 2 is 1.85 bits per heavy atom. The van der Waals surface area contributed by atoms with Crippen molar-refractivity contribution in [1.82, 2.24) is 4.57 Å². The van der Waals surface area contributed by atoms with E-state index in [1.54, 1.807) is 24.3 Å². The number of benzene rings is 2. The van der Waals surface area contributed by atoms with Gasteiger partial charge in [-0.2, -0.15) is 5.26 Å². The molecule has 3 rings (SSSR count). The van der Waals surface area contributed by atoms with Crippen LogP contribution in [0.15, 0.2) is 72.4 Å². The first-order valence-electron chi connectivity index (χ1n) is 8.00. The smallest absolute Gasteiger partial charge is 0.266 e. The third-order valence-electron chi connectivity index (χ3n) is 3.94. The maximum atomic E-state index is 12.5. The zero-order chi connectivity index (χ0) is 18.5. The predicted molar refractivity (Wildman–Crippen MR) is 104 cm³/mol. The Morgan fingerprint density at radius 3 is 2.54 bits per heavy atom. The lowest BCUT2D eigenvalue weighted by atomic mass is 10.1. The van der Waals surface area contributed by atoms with Gasteiger partial charge >= 0.3 is 0 Å². The topological polar surface area (TPSA) is 57.8 Å². The highest BCUT2D eigenvalue weighted by Gasteiger charge is 2.12. The molecule has 0 bridgehead atoms. The van der Waals surface area contributed by atoms with E-state index >= 15 is 0 Å². The average molecular weight is 362 g/mol. The number of anilines is 1. The monoisotopic (exact) mass is 361 g/mol. The van der Waals surface area contributed by atoms with E-state index in [9.17, 15) is 10.1 Å². The van der Waals surface area contributed by atoms with Crippen molar-refractivity contribution in [2.24, 2.45) is 0 Å². The van der Waals surface area contributed by atoms with Crippen LogP contribution in [0.4, 0.5) is 5.69 Å². The number of aromatic nitrogens is 1. The molecule has 128 valence electrons. The van der Waals surface area contributed by atoms with Gasteiger partial charge in [0, 0.05) is 28.3 Å². The molecular weight excluding hydrogens is 346 g/mol. The van der Waals surface area contributed by atoms with E-state index in [4.69, 9.17) is 11.6 Å². The van der Waals surface area contributed by atoms with Crippen molar-refractivity contribution in [3.63, 3.8) is 0 Å². The van der Waals surface area contributed by atoms with Gasteiger partial charge in [-0.1, -0.05) is 29.8 Å². The fourth-order valence-electron chi connectivity index (χ4n) is 2.55. The van der Waals surface area contributed by atoms with Crippen LogP contribution in [0.5, 0.6) is 0 Å². The van der Waals surface area contributed by atoms with Gasteiger partial charge in [0.15, 0.2) is 0 Å². The summed E-state index contributed by atoms with van der Waals surface area (Å²) in [4.78, 5) is 12.5. The summed E-state index contributed by atoms with van der Waals surface area (Å²) in [6.45, 7) is 1.90. The largest absolute Gasteiger partial charge is 0.321 e. The van der Waals surface area contributed by atoms with E-state index < -0.39 is 5.91 Å². The average Bonchev–Trinajstić information content (AvgIpc) is 3.10. The summed E-state index contributed by atoms with van der Waals surface area (Å²) in [7, 11) is 0. The molecule has 0 aliphatic heterocycles. The Balaban J connectivity index is 1.90. The second kappa shape index (κ2) is 7.73. The van der Waals surface area contributed by atoms with Crippen molar-refractivity contribution in [3.8, 4) is 11.8 Å². The highest BCUT2D eigenvalue weighted by Crippen LogP contribution is 2.19. The molecule has 26 heavy (non-hydrogen) atoms. The van der Waals surface area contributed by atoms with Gasteiger partial charge in [-0.3, -0.25) is 4.79 Å². The lowest BCUT2D eigenvalue weighted by Gasteiger charge is -2.09. The van der Waals surface area contributed by atoms with Crippen molar-refractivity contribution in [1.29, 1.82) is 5.26 Å². The van der Waals surface area contributed by atoms with Crippen molar-refractivity contribution in [2.75, 3.05) is 5.32 Å². The van der Waals surface area contributed by atoms with Gasteiger partial charge in [0.2, 0.25) is 0 Å². The molecule has 0 saturated carbocycles. The Morgan fingerprint density at radius 1 is 1.12 bits per heavy atom. The minimum Gasteiger partial charge on any atom is -0.321 e. The van der Waals surface area contributed by atoms with Crippen molar-refractivity contribution in [3.05, 3.63) is 88.7 Å². The Kier molecular flexibility index (Phi) is 5.21. The molecule has 1 aromatic heterocycles. The van der Waals surface area contributed by atoms with Crippen LogP contribution in [0.25, 0.3) is 11.8 Å². The minimum absolute atomic E-state index is 0.0298. The van der Waals surface area contributed by atoms with Crippen LogP contribution in [-0.4, -0.2) is 10.5 Å². The van der Waals surface area contributed by atoms with E-state index in [-0.39, 0.29) is 5.57 Å². The summed E-state index contributed by atoms with van der Waals surface area (Å²) in [6, 6.07) is 20.4. The molecule has 0 aliphatic carbocycles. The SMILES string of the molecule is Cc1ccccc1NC(=O)/C(C#N)=C\c1cccn1-c1ccc(Cl)cc1. The molecule has 4 nitrogen and oxygen atoms in total. The molecule has 2 aromatic carbocycles. The second-order valence-electron chi connectivity index (χ2n) is 5.72. The third-order valence-corrected chi connectivity index (χ3v) is 4.19. The lowest BCUT2D eigenvalue weighted by molar-refractivity contribution is -0.112. The van der Waals surface area contributed by atoms with E-state index in [1.807, 2.05) is 66.2 Å². The van der Waals surface area contributed by atoms with Gasteiger partial charge in [-0.25, -0.2) is 0 Å². The van der Waals surface area contributed by atoms with Crippen molar-refractivity contribution >= 4 is 29.3 Å². The Bertz CT molecular complexity index is 1010. The summed E-state index contributed by atoms with van der Waals surface area (Å²) in [5.74, 6) is -0.439. The quantitative estimate of drug-likeness (QED) is 0.526. The number of halogens is 1. The number of aryl methyl sites for hydroxylation is 1. The number of carbonyl (C=O) groups is 1. The molecule has 0 aliphatic rings. The van der Waals surface area contributed by atoms with Gasteiger partial charge in [0.1, 0.15) is 11.6 Å². The minimum atomic E-state index is -0.439. The highest BCUT2D eigenvalue weighted by atomic mass is 35.5. The maximum absolute atomic E-state index is 12.5. The van der Waals surface area contributed by atoms with Crippen LogP contribution in [0.3, 0.4) is 0 Å². The fraction of sp³-hybridized carbons (Fsp3) is 0.0476. The van der Waals surface area contributed by atoms with Gasteiger partial charge in [-0.05, 0) is 61.0 Å². The number of hydrogen-bond acceptors (Lipinski definition) is 2. The predicted octanol–water partition coefficient (Wildman–Crippen LogP) is 4.98. The molecule has 3 aromatic rings. The molecule has 1 heterocycles. The number of rotatable bonds is 4. The molecule has 1 N–H and O–H groups in total. The molecule has 0 atom stereocenters. The summed E-state index contributed by atoms with van der Waals surface area (Å²) in [5.41, 5.74) is 3.27. The standard InChI is InChI=1S/C21H16ClN3O/c1-15-5-2-3-7-20(15)24-21(26)16(14-23)13-19-6-4-12-25(19)18-10-8-17(22)9-11-18/h2-13H,1H3,(H,24,26)/b16-13-. The molecule has 1 amide bonds. The summed E-state index contributed by atoms with van der Waals surface area (Å²) >= 11 is 5.93. The third kappa shape index (κ3) is 3.85. The summed E-state index contributed by atoms with van der Waals surface area (Å²) in [6.07, 6.45) is 3.44. The molecule has 0 spiro atoms. The first kappa shape index (κ1) is 17.5. The first-order valence-corrected chi connectivity index (χ1v) is 8.38. The number of carbonyl (C=O) groups excluding carboxylic acids is 1. The molecule has 0 fully saturated rings. The van der Waals surface area contributed by atoms with E-state index in [1.165, 1.54) is 0 Å². The summed E-state index contributed by atoms with van der Waals surface area (Å²) in [5, 5.41) is 12.9. The van der Waals surface area contributed by atoms with Gasteiger partial charge < -0.3 is 9.88 Å². The molecule has 0 radical (unpaired) electrons. The number of amides is 1.